The summed E-state index contributed by atoms with van der Waals surface area (Å²) in [6.45, 7) is 0.788. The van der Waals surface area contributed by atoms with E-state index in [0.29, 0.717) is 10.4 Å². The van der Waals surface area contributed by atoms with Crippen molar-refractivity contribution in [3.05, 3.63) is 71.8 Å². The summed E-state index contributed by atoms with van der Waals surface area (Å²) < 4.78 is 0. The van der Waals surface area contributed by atoms with Crippen molar-refractivity contribution >= 4 is 29.1 Å². The lowest BCUT2D eigenvalue weighted by molar-refractivity contribution is 0.979. The van der Waals surface area contributed by atoms with Gasteiger partial charge in [-0.25, -0.2) is 0 Å². The Morgan fingerprint density at radius 2 is 1.50 bits per heavy atom. The molecule has 2 aromatic carbocycles. The zero-order valence-corrected chi connectivity index (χ0v) is 12.8. The number of nitrogens with one attached hydrogen (secondary N) is 1. The molecule has 2 nitrogen and oxygen atoms in total. The molecule has 2 rings (SSSR count). The molecule has 0 aliphatic carbocycles. The predicted molar refractivity (Wildman–Crippen MR) is 92.0 cm³/mol. The fourth-order valence-electron chi connectivity index (χ4n) is 1.99. The third-order valence-electron chi connectivity index (χ3n) is 2.89. The number of hydrogen-bond acceptors (Lipinski definition) is 2. The first-order valence-electron chi connectivity index (χ1n) is 6.52. The molecule has 4 heteroatoms. The highest BCUT2D eigenvalue weighted by atomic mass is 32.2. The van der Waals surface area contributed by atoms with Crippen LogP contribution in [0.1, 0.15) is 16.4 Å². The summed E-state index contributed by atoms with van der Waals surface area (Å²) in [5.74, 6) is 0.950. The third kappa shape index (κ3) is 4.54. The lowest BCUT2D eigenvalue weighted by atomic mass is 10.0. The predicted octanol–water partition coefficient (Wildman–Crippen LogP) is 3.34. The van der Waals surface area contributed by atoms with Crippen LogP contribution in [0.3, 0.4) is 0 Å². The lowest BCUT2D eigenvalue weighted by Gasteiger charge is -2.18. The third-order valence-corrected chi connectivity index (χ3v) is 4.35. The van der Waals surface area contributed by atoms with E-state index in [4.69, 9.17) is 18.0 Å². The van der Waals surface area contributed by atoms with E-state index in [9.17, 15) is 0 Å². The van der Waals surface area contributed by atoms with Crippen LogP contribution in [0.5, 0.6) is 0 Å². The maximum absolute atomic E-state index is 5.44. The number of benzene rings is 2. The smallest absolute Gasteiger partial charge is 0.163 e. The molecule has 104 valence electrons. The monoisotopic (exact) mass is 302 g/mol. The summed E-state index contributed by atoms with van der Waals surface area (Å²) in [6, 6.07) is 21.1. The fourth-order valence-corrected chi connectivity index (χ4v) is 3.25. The summed E-state index contributed by atoms with van der Waals surface area (Å²) in [4.78, 5) is 0. The maximum atomic E-state index is 5.44. The van der Waals surface area contributed by atoms with Gasteiger partial charge in [-0.05, 0) is 23.3 Å². The van der Waals surface area contributed by atoms with Gasteiger partial charge in [-0.1, -0.05) is 60.7 Å². The van der Waals surface area contributed by atoms with E-state index in [-0.39, 0.29) is 0 Å². The Morgan fingerprint density at radius 1 is 1.00 bits per heavy atom. The van der Waals surface area contributed by atoms with Crippen LogP contribution in [0.2, 0.25) is 0 Å². The van der Waals surface area contributed by atoms with Gasteiger partial charge in [-0.15, -0.1) is 11.8 Å². The van der Waals surface area contributed by atoms with Gasteiger partial charge in [0.2, 0.25) is 0 Å². The van der Waals surface area contributed by atoms with Crippen molar-refractivity contribution in [2.75, 3.05) is 12.3 Å². The van der Waals surface area contributed by atoms with Crippen LogP contribution in [0.25, 0.3) is 0 Å². The van der Waals surface area contributed by atoms with Crippen molar-refractivity contribution in [2.45, 2.75) is 5.25 Å². The first-order chi connectivity index (χ1) is 9.77. The first-order valence-corrected chi connectivity index (χ1v) is 7.98. The molecule has 3 N–H and O–H groups in total. The molecular weight excluding hydrogens is 284 g/mol. The van der Waals surface area contributed by atoms with Gasteiger partial charge >= 0.3 is 0 Å². The second-order valence-electron chi connectivity index (χ2n) is 4.36. The molecular formula is C16H18N2S2. The quantitative estimate of drug-likeness (QED) is 0.634. The van der Waals surface area contributed by atoms with Crippen molar-refractivity contribution in [2.24, 2.45) is 5.73 Å². The van der Waals surface area contributed by atoms with Gasteiger partial charge in [-0.3, -0.25) is 0 Å². The second kappa shape index (κ2) is 7.92. The van der Waals surface area contributed by atoms with Gasteiger partial charge in [0.05, 0.1) is 5.25 Å². The summed E-state index contributed by atoms with van der Waals surface area (Å²) >= 11 is 6.71. The molecule has 0 fully saturated rings. The topological polar surface area (TPSA) is 38.0 Å². The normalized spacial score (nSPS) is 10.4. The summed E-state index contributed by atoms with van der Waals surface area (Å²) in [5.41, 5.74) is 8.08. The lowest BCUT2D eigenvalue weighted by Crippen LogP contribution is -2.30. The van der Waals surface area contributed by atoms with Crippen molar-refractivity contribution in [3.8, 4) is 0 Å². The van der Waals surface area contributed by atoms with E-state index in [1.807, 2.05) is 23.9 Å². The Balaban J connectivity index is 2.07. The molecule has 0 bridgehead atoms. The Morgan fingerprint density at radius 3 is 1.95 bits per heavy atom. The van der Waals surface area contributed by atoms with Crippen LogP contribution < -0.4 is 11.1 Å². The van der Waals surface area contributed by atoms with Crippen LogP contribution in [0, 0.1) is 0 Å². The van der Waals surface area contributed by atoms with Crippen LogP contribution >= 0.6 is 24.0 Å². The van der Waals surface area contributed by atoms with E-state index in [1.54, 1.807) is 0 Å². The summed E-state index contributed by atoms with van der Waals surface area (Å²) in [6.07, 6.45) is 0. The molecule has 0 aliphatic heterocycles. The minimum absolute atomic E-state index is 0.338. The minimum atomic E-state index is 0.338. The van der Waals surface area contributed by atoms with E-state index in [2.05, 4.69) is 53.8 Å². The van der Waals surface area contributed by atoms with Gasteiger partial charge < -0.3 is 11.1 Å². The van der Waals surface area contributed by atoms with Gasteiger partial charge in [0.1, 0.15) is 0 Å². The Bertz CT molecular complexity index is 489. The Hall–Kier alpha value is -1.52. The average molecular weight is 302 g/mol. The molecule has 0 saturated carbocycles. The van der Waals surface area contributed by atoms with Crippen molar-refractivity contribution in [3.63, 3.8) is 0 Å². The molecule has 0 spiro atoms. The van der Waals surface area contributed by atoms with Gasteiger partial charge in [0, 0.05) is 12.3 Å². The average Bonchev–Trinajstić information content (AvgIpc) is 2.49. The second-order valence-corrected chi connectivity index (χ2v) is 6.02. The molecule has 0 aliphatic rings. The Kier molecular flexibility index (Phi) is 5.89. The fraction of sp³-hybridized carbons (Fsp3) is 0.188. The highest BCUT2D eigenvalue weighted by Gasteiger charge is 2.13. The molecule has 0 heterocycles. The van der Waals surface area contributed by atoms with Crippen LogP contribution in [0.15, 0.2) is 60.7 Å². The minimum Gasteiger partial charge on any atom is -0.376 e. The zero-order chi connectivity index (χ0) is 14.2. The highest BCUT2D eigenvalue weighted by molar-refractivity contribution is 7.99. The van der Waals surface area contributed by atoms with Crippen molar-refractivity contribution < 1.29 is 0 Å². The van der Waals surface area contributed by atoms with Crippen LogP contribution in [-0.2, 0) is 0 Å². The number of hydrogen-bond donors (Lipinski definition) is 2. The molecule has 0 atom stereocenters. The molecule has 2 aromatic rings. The SMILES string of the molecule is NC(=S)NCCSC(c1ccccc1)c1ccccc1. The molecule has 0 aromatic heterocycles. The Labute approximate surface area is 129 Å². The number of thiocarbonyl (C=S) groups is 1. The standard InChI is InChI=1S/C16H18N2S2/c17-16(19)18-11-12-20-15(13-7-3-1-4-8-13)14-9-5-2-6-10-14/h1-10,15H,11-12H2,(H3,17,18,19). The van der Waals surface area contributed by atoms with E-state index in [1.165, 1.54) is 11.1 Å². The van der Waals surface area contributed by atoms with Crippen LogP contribution in [-0.4, -0.2) is 17.4 Å². The molecule has 20 heavy (non-hydrogen) atoms. The summed E-state index contributed by atoms with van der Waals surface area (Å²) in [7, 11) is 0. The van der Waals surface area contributed by atoms with Crippen LogP contribution in [0.4, 0.5) is 0 Å². The van der Waals surface area contributed by atoms with E-state index < -0.39 is 0 Å². The number of rotatable bonds is 6. The summed E-state index contributed by atoms with van der Waals surface area (Å²) in [5, 5.41) is 3.69. The zero-order valence-electron chi connectivity index (χ0n) is 11.2. The molecule has 0 amide bonds. The van der Waals surface area contributed by atoms with E-state index >= 15 is 0 Å². The highest BCUT2D eigenvalue weighted by Crippen LogP contribution is 2.34. The van der Waals surface area contributed by atoms with Crippen molar-refractivity contribution in [1.82, 2.24) is 5.32 Å². The van der Waals surface area contributed by atoms with Gasteiger partial charge in [-0.2, -0.15) is 0 Å². The van der Waals surface area contributed by atoms with Crippen molar-refractivity contribution in [1.29, 1.82) is 0 Å². The molecule has 0 unspecified atom stereocenters. The number of nitrogens with two attached hydrogens (primary N) is 1. The number of thioether (sulfide) groups is 1. The molecule has 0 radical (unpaired) electrons. The molecule has 0 saturated heterocycles. The van der Waals surface area contributed by atoms with E-state index in [0.717, 1.165) is 12.3 Å². The first kappa shape index (κ1) is 14.9. The largest absolute Gasteiger partial charge is 0.376 e. The van der Waals surface area contributed by atoms with Gasteiger partial charge in [0.15, 0.2) is 5.11 Å². The van der Waals surface area contributed by atoms with Gasteiger partial charge in [0.25, 0.3) is 0 Å². The maximum Gasteiger partial charge on any atom is 0.163 e.